The number of aryl methyl sites for hydroxylation is 1. The van der Waals surface area contributed by atoms with Gasteiger partial charge in [0.1, 0.15) is 0 Å². The van der Waals surface area contributed by atoms with Crippen molar-refractivity contribution in [2.45, 2.75) is 12.1 Å². The van der Waals surface area contributed by atoms with Crippen LogP contribution in [0.1, 0.15) is 5.56 Å². The fourth-order valence-corrected chi connectivity index (χ4v) is 1.95. The van der Waals surface area contributed by atoms with Crippen LogP contribution < -0.4 is 5.73 Å². The second-order valence-electron chi connectivity index (χ2n) is 3.46. The van der Waals surface area contributed by atoms with Gasteiger partial charge in [-0.1, -0.05) is 29.4 Å². The van der Waals surface area contributed by atoms with Crippen LogP contribution >= 0.6 is 23.4 Å². The highest BCUT2D eigenvalue weighted by Crippen LogP contribution is 2.25. The highest BCUT2D eigenvalue weighted by Gasteiger charge is 2.09. The molecule has 4 nitrogen and oxygen atoms in total. The molecule has 0 saturated carbocycles. The van der Waals surface area contributed by atoms with Crippen LogP contribution in [-0.2, 0) is 0 Å². The number of hydrogen-bond acceptors (Lipinski definition) is 5. The topological polar surface area (TPSA) is 64.7 Å². The van der Waals surface area contributed by atoms with E-state index in [-0.39, 0.29) is 5.95 Å². The quantitative estimate of drug-likeness (QED) is 0.847. The SMILES string of the molecule is CSc1nc(N)nc(-c2cc(Cl)ccc2C)n1. The summed E-state index contributed by atoms with van der Waals surface area (Å²) in [7, 11) is 0. The summed E-state index contributed by atoms with van der Waals surface area (Å²) in [5, 5.41) is 1.25. The van der Waals surface area contributed by atoms with Gasteiger partial charge in [0.05, 0.1) is 0 Å². The van der Waals surface area contributed by atoms with Crippen molar-refractivity contribution < 1.29 is 0 Å². The molecule has 0 atom stereocenters. The number of nitrogen functional groups attached to an aromatic ring is 1. The van der Waals surface area contributed by atoms with E-state index in [1.165, 1.54) is 11.8 Å². The standard InChI is InChI=1S/C11H11ClN4S/c1-6-3-4-7(12)5-8(6)9-14-10(13)16-11(15-9)17-2/h3-5H,1-2H3,(H2,13,14,15,16). The minimum atomic E-state index is 0.221. The summed E-state index contributed by atoms with van der Waals surface area (Å²) in [6.07, 6.45) is 1.89. The first-order chi connectivity index (χ1) is 8.10. The fraction of sp³-hybridized carbons (Fsp3) is 0.182. The molecule has 0 spiro atoms. The van der Waals surface area contributed by atoms with Gasteiger partial charge in [0, 0.05) is 10.6 Å². The smallest absolute Gasteiger partial charge is 0.224 e. The number of hydrogen-bond donors (Lipinski definition) is 1. The van der Waals surface area contributed by atoms with Crippen LogP contribution in [0.5, 0.6) is 0 Å². The average molecular weight is 267 g/mol. The van der Waals surface area contributed by atoms with E-state index in [2.05, 4.69) is 15.0 Å². The zero-order valence-electron chi connectivity index (χ0n) is 9.44. The first-order valence-corrected chi connectivity index (χ1v) is 6.52. The van der Waals surface area contributed by atoms with Gasteiger partial charge in [-0.25, -0.2) is 4.98 Å². The van der Waals surface area contributed by atoms with Crippen LogP contribution in [0.15, 0.2) is 23.4 Å². The summed E-state index contributed by atoms with van der Waals surface area (Å²) < 4.78 is 0. The molecule has 0 fully saturated rings. The van der Waals surface area contributed by atoms with Gasteiger partial charge in [-0.2, -0.15) is 9.97 Å². The molecule has 1 aromatic heterocycles. The molecule has 0 aliphatic rings. The minimum absolute atomic E-state index is 0.221. The van der Waals surface area contributed by atoms with Gasteiger partial charge in [0.2, 0.25) is 5.95 Å². The third kappa shape index (κ3) is 2.68. The van der Waals surface area contributed by atoms with Crippen LogP contribution in [0.25, 0.3) is 11.4 Å². The Bertz CT molecular complexity index is 559. The van der Waals surface area contributed by atoms with Gasteiger partial charge in [0.25, 0.3) is 0 Å². The molecule has 88 valence electrons. The molecule has 1 aromatic carbocycles. The maximum atomic E-state index is 5.97. The first kappa shape index (κ1) is 12.1. The molecule has 0 saturated heterocycles. The highest BCUT2D eigenvalue weighted by molar-refractivity contribution is 7.98. The Hall–Kier alpha value is -1.33. The monoisotopic (exact) mass is 266 g/mol. The lowest BCUT2D eigenvalue weighted by Crippen LogP contribution is -2.02. The molecule has 6 heteroatoms. The van der Waals surface area contributed by atoms with E-state index in [4.69, 9.17) is 17.3 Å². The number of nitrogens with zero attached hydrogens (tertiary/aromatic N) is 3. The summed E-state index contributed by atoms with van der Waals surface area (Å²) in [6.45, 7) is 1.98. The van der Waals surface area contributed by atoms with Crippen molar-refractivity contribution in [3.8, 4) is 11.4 Å². The Balaban J connectivity index is 2.59. The Morgan fingerprint density at radius 2 is 2.00 bits per heavy atom. The van der Waals surface area contributed by atoms with E-state index in [1.54, 1.807) is 0 Å². The Labute approximate surface area is 109 Å². The fourth-order valence-electron chi connectivity index (χ4n) is 1.42. The summed E-state index contributed by atoms with van der Waals surface area (Å²) in [5.41, 5.74) is 7.58. The second-order valence-corrected chi connectivity index (χ2v) is 4.67. The van der Waals surface area contributed by atoms with Crippen LogP contribution in [-0.4, -0.2) is 21.2 Å². The summed E-state index contributed by atoms with van der Waals surface area (Å²) >= 11 is 7.40. The van der Waals surface area contributed by atoms with E-state index in [0.717, 1.165) is 11.1 Å². The highest BCUT2D eigenvalue weighted by atomic mass is 35.5. The summed E-state index contributed by atoms with van der Waals surface area (Å²) in [5.74, 6) is 0.778. The van der Waals surface area contributed by atoms with E-state index in [1.807, 2.05) is 31.4 Å². The minimum Gasteiger partial charge on any atom is -0.368 e. The van der Waals surface area contributed by atoms with Crippen molar-refractivity contribution in [3.63, 3.8) is 0 Å². The van der Waals surface area contributed by atoms with Crippen molar-refractivity contribution in [1.29, 1.82) is 0 Å². The lowest BCUT2D eigenvalue weighted by molar-refractivity contribution is 0.926. The van der Waals surface area contributed by atoms with E-state index < -0.39 is 0 Å². The molecule has 2 rings (SSSR count). The summed E-state index contributed by atoms with van der Waals surface area (Å²) in [6, 6.07) is 5.59. The van der Waals surface area contributed by atoms with Crippen LogP contribution in [0.2, 0.25) is 5.02 Å². The lowest BCUT2D eigenvalue weighted by atomic mass is 10.1. The third-order valence-corrected chi connectivity index (χ3v) is 3.04. The van der Waals surface area contributed by atoms with E-state index in [0.29, 0.717) is 16.0 Å². The van der Waals surface area contributed by atoms with Gasteiger partial charge in [-0.3, -0.25) is 0 Å². The first-order valence-electron chi connectivity index (χ1n) is 4.92. The van der Waals surface area contributed by atoms with Crippen molar-refractivity contribution in [2.75, 3.05) is 12.0 Å². The second kappa shape index (κ2) is 4.89. The number of aromatic nitrogens is 3. The normalized spacial score (nSPS) is 10.5. The van der Waals surface area contributed by atoms with Gasteiger partial charge in [0.15, 0.2) is 11.0 Å². The van der Waals surface area contributed by atoms with E-state index >= 15 is 0 Å². The van der Waals surface area contributed by atoms with Crippen molar-refractivity contribution >= 4 is 29.3 Å². The molecule has 17 heavy (non-hydrogen) atoms. The van der Waals surface area contributed by atoms with Crippen LogP contribution in [0.3, 0.4) is 0 Å². The van der Waals surface area contributed by atoms with Crippen LogP contribution in [0.4, 0.5) is 5.95 Å². The number of rotatable bonds is 2. The van der Waals surface area contributed by atoms with Crippen molar-refractivity contribution in [1.82, 2.24) is 15.0 Å². The van der Waals surface area contributed by atoms with Gasteiger partial charge in [-0.05, 0) is 30.9 Å². The maximum absolute atomic E-state index is 5.97. The lowest BCUT2D eigenvalue weighted by Gasteiger charge is -2.06. The third-order valence-electron chi connectivity index (χ3n) is 2.26. The molecular formula is C11H11ClN4S. The van der Waals surface area contributed by atoms with Crippen LogP contribution in [0, 0.1) is 6.92 Å². The molecule has 0 unspecified atom stereocenters. The molecule has 0 aliphatic heterocycles. The number of halogens is 1. The molecule has 0 amide bonds. The number of thioether (sulfide) groups is 1. The summed E-state index contributed by atoms with van der Waals surface area (Å²) in [4.78, 5) is 12.5. The predicted molar refractivity (Wildman–Crippen MR) is 71.2 cm³/mol. The molecule has 0 radical (unpaired) electrons. The molecular weight excluding hydrogens is 256 g/mol. The molecule has 0 aliphatic carbocycles. The number of benzene rings is 1. The Morgan fingerprint density at radius 3 is 2.71 bits per heavy atom. The van der Waals surface area contributed by atoms with E-state index in [9.17, 15) is 0 Å². The maximum Gasteiger partial charge on any atom is 0.224 e. The molecule has 0 bridgehead atoms. The zero-order valence-corrected chi connectivity index (χ0v) is 11.0. The number of nitrogens with two attached hydrogens (primary N) is 1. The molecule has 2 aromatic rings. The van der Waals surface area contributed by atoms with Gasteiger partial charge in [-0.15, -0.1) is 0 Å². The Morgan fingerprint density at radius 1 is 1.24 bits per heavy atom. The zero-order chi connectivity index (χ0) is 12.4. The molecule has 1 heterocycles. The number of anilines is 1. The largest absolute Gasteiger partial charge is 0.368 e. The predicted octanol–water partition coefficient (Wildman–Crippen LogP) is 2.80. The van der Waals surface area contributed by atoms with Crippen molar-refractivity contribution in [2.24, 2.45) is 0 Å². The molecule has 2 N–H and O–H groups in total. The van der Waals surface area contributed by atoms with Crippen molar-refractivity contribution in [3.05, 3.63) is 28.8 Å². The average Bonchev–Trinajstić information content (AvgIpc) is 2.31. The van der Waals surface area contributed by atoms with Gasteiger partial charge < -0.3 is 5.73 Å². The Kier molecular flexibility index (Phi) is 3.49. The van der Waals surface area contributed by atoms with Gasteiger partial charge >= 0.3 is 0 Å².